The average Bonchev–Trinajstić information content (AvgIpc) is 2.29. The van der Waals surface area contributed by atoms with Crippen molar-refractivity contribution in [2.75, 3.05) is 5.88 Å². The number of benzene rings is 1. The number of aryl methyl sites for hydroxylation is 1. The Balaban J connectivity index is 2.98. The van der Waals surface area contributed by atoms with Crippen LogP contribution in [0.5, 0.6) is 0 Å². The molecule has 0 spiro atoms. The molecule has 0 saturated carbocycles. The predicted molar refractivity (Wildman–Crippen MR) is 62.2 cm³/mol. The maximum absolute atomic E-state index is 9.90. The van der Waals surface area contributed by atoms with Gasteiger partial charge in [-0.25, -0.2) is 0 Å². The zero-order chi connectivity index (χ0) is 12.1. The Morgan fingerprint density at radius 2 is 2.12 bits per heavy atom. The van der Waals surface area contributed by atoms with Crippen LogP contribution in [0.2, 0.25) is 0 Å². The summed E-state index contributed by atoms with van der Waals surface area (Å²) in [5.74, 6) is 0.287. The molecule has 3 nitrogen and oxygen atoms in total. The van der Waals surface area contributed by atoms with E-state index in [4.69, 9.17) is 16.9 Å². The molecule has 0 radical (unpaired) electrons. The van der Waals surface area contributed by atoms with Gasteiger partial charge in [-0.05, 0) is 36.6 Å². The van der Waals surface area contributed by atoms with E-state index in [1.54, 1.807) is 18.2 Å². The normalized spacial score (nSPS) is 14.2. The second-order valence-corrected chi connectivity index (χ2v) is 4.05. The number of aliphatic hydroxyl groups excluding tert-OH is 2. The number of rotatable bonds is 4. The highest BCUT2D eigenvalue weighted by atomic mass is 35.5. The van der Waals surface area contributed by atoms with Crippen molar-refractivity contribution in [3.8, 4) is 6.07 Å². The lowest BCUT2D eigenvalue weighted by atomic mass is 9.96. The topological polar surface area (TPSA) is 64.2 Å². The van der Waals surface area contributed by atoms with Crippen LogP contribution in [0.15, 0.2) is 18.2 Å². The first-order valence-electron chi connectivity index (χ1n) is 5.03. The van der Waals surface area contributed by atoms with E-state index in [2.05, 4.69) is 0 Å². The van der Waals surface area contributed by atoms with Crippen LogP contribution in [0, 0.1) is 18.3 Å². The minimum Gasteiger partial charge on any atom is -0.390 e. The highest BCUT2D eigenvalue weighted by Crippen LogP contribution is 2.23. The first kappa shape index (κ1) is 13.0. The molecule has 0 saturated heterocycles. The largest absolute Gasteiger partial charge is 0.390 e. The summed E-state index contributed by atoms with van der Waals surface area (Å²) in [5, 5.41) is 28.3. The van der Waals surface area contributed by atoms with Gasteiger partial charge in [-0.2, -0.15) is 5.26 Å². The van der Waals surface area contributed by atoms with Crippen LogP contribution in [-0.4, -0.2) is 22.2 Å². The van der Waals surface area contributed by atoms with Crippen LogP contribution < -0.4 is 0 Å². The lowest BCUT2D eigenvalue weighted by Gasteiger charge is -2.19. The van der Waals surface area contributed by atoms with E-state index in [0.717, 1.165) is 5.56 Å². The summed E-state index contributed by atoms with van der Waals surface area (Å²) in [7, 11) is 0. The summed E-state index contributed by atoms with van der Waals surface area (Å²) in [6.45, 7) is 1.83. The van der Waals surface area contributed by atoms with Crippen molar-refractivity contribution in [3.63, 3.8) is 0 Å². The fourth-order valence-corrected chi connectivity index (χ4v) is 1.73. The van der Waals surface area contributed by atoms with Gasteiger partial charge in [0.05, 0.1) is 17.7 Å². The summed E-state index contributed by atoms with van der Waals surface area (Å²) in [4.78, 5) is 0. The summed E-state index contributed by atoms with van der Waals surface area (Å²) in [6, 6.07) is 7.03. The van der Waals surface area contributed by atoms with Gasteiger partial charge in [0.1, 0.15) is 6.10 Å². The molecule has 1 rings (SSSR count). The average molecular weight is 240 g/mol. The van der Waals surface area contributed by atoms with E-state index < -0.39 is 12.2 Å². The molecule has 86 valence electrons. The quantitative estimate of drug-likeness (QED) is 0.789. The molecule has 1 aromatic rings. The van der Waals surface area contributed by atoms with Gasteiger partial charge in [0.15, 0.2) is 0 Å². The first-order valence-corrected chi connectivity index (χ1v) is 5.56. The number of alkyl halides is 1. The van der Waals surface area contributed by atoms with Gasteiger partial charge >= 0.3 is 0 Å². The molecule has 2 unspecified atom stereocenters. The maximum Gasteiger partial charge on any atom is 0.105 e. The van der Waals surface area contributed by atoms with Crippen LogP contribution in [-0.2, 0) is 0 Å². The van der Waals surface area contributed by atoms with E-state index in [-0.39, 0.29) is 5.88 Å². The van der Waals surface area contributed by atoms with E-state index in [0.29, 0.717) is 17.5 Å². The van der Waals surface area contributed by atoms with Crippen molar-refractivity contribution < 1.29 is 10.2 Å². The molecule has 4 heteroatoms. The van der Waals surface area contributed by atoms with Gasteiger partial charge in [-0.3, -0.25) is 0 Å². The van der Waals surface area contributed by atoms with E-state index in [9.17, 15) is 10.2 Å². The second kappa shape index (κ2) is 5.86. The van der Waals surface area contributed by atoms with Crippen LogP contribution >= 0.6 is 11.6 Å². The van der Waals surface area contributed by atoms with Crippen molar-refractivity contribution in [1.82, 2.24) is 0 Å². The minimum atomic E-state index is -0.993. The van der Waals surface area contributed by atoms with Gasteiger partial charge in [0.25, 0.3) is 0 Å². The highest BCUT2D eigenvalue weighted by molar-refractivity contribution is 6.17. The van der Waals surface area contributed by atoms with Gasteiger partial charge in [-0.15, -0.1) is 11.6 Å². The van der Waals surface area contributed by atoms with E-state index in [1.807, 2.05) is 13.0 Å². The van der Waals surface area contributed by atoms with Crippen molar-refractivity contribution >= 4 is 11.6 Å². The van der Waals surface area contributed by atoms with Crippen molar-refractivity contribution in [1.29, 1.82) is 5.26 Å². The van der Waals surface area contributed by atoms with Crippen molar-refractivity contribution in [3.05, 3.63) is 34.9 Å². The molecule has 0 fully saturated rings. The Morgan fingerprint density at radius 3 is 2.69 bits per heavy atom. The fraction of sp³-hybridized carbons (Fsp3) is 0.417. The molecule has 0 aliphatic carbocycles. The zero-order valence-electron chi connectivity index (χ0n) is 9.02. The Labute approximate surface area is 99.9 Å². The molecule has 16 heavy (non-hydrogen) atoms. The monoisotopic (exact) mass is 239 g/mol. The smallest absolute Gasteiger partial charge is 0.105 e. The number of hydrogen-bond acceptors (Lipinski definition) is 3. The van der Waals surface area contributed by atoms with Crippen LogP contribution in [0.4, 0.5) is 0 Å². The fourth-order valence-electron chi connectivity index (χ4n) is 1.51. The maximum atomic E-state index is 9.90. The predicted octanol–water partition coefficient (Wildman–Crippen LogP) is 1.89. The number of aliphatic hydroxyl groups is 2. The molecule has 2 atom stereocenters. The standard InChI is InChI=1S/C12H14ClNO2/c1-8-2-3-9(7-14)6-10(8)12(16)11(15)4-5-13/h2-3,6,11-12,15-16H,4-5H2,1H3. The molecular weight excluding hydrogens is 226 g/mol. The molecule has 2 N–H and O–H groups in total. The molecule has 0 bridgehead atoms. The van der Waals surface area contributed by atoms with Crippen molar-refractivity contribution in [2.24, 2.45) is 0 Å². The molecule has 0 amide bonds. The lowest BCUT2D eigenvalue weighted by Crippen LogP contribution is -2.19. The van der Waals surface area contributed by atoms with E-state index >= 15 is 0 Å². The summed E-state index contributed by atoms with van der Waals surface area (Å²) in [5.41, 5.74) is 1.90. The minimum absolute atomic E-state index is 0.287. The van der Waals surface area contributed by atoms with Gasteiger partial charge in [0.2, 0.25) is 0 Å². The van der Waals surface area contributed by atoms with Gasteiger partial charge in [0, 0.05) is 5.88 Å². The zero-order valence-corrected chi connectivity index (χ0v) is 9.78. The number of nitrogens with zero attached hydrogens (tertiary/aromatic N) is 1. The molecule has 0 aliphatic heterocycles. The Morgan fingerprint density at radius 1 is 1.44 bits per heavy atom. The summed E-state index contributed by atoms with van der Waals surface area (Å²) < 4.78 is 0. The molecule has 0 aliphatic rings. The van der Waals surface area contributed by atoms with E-state index in [1.165, 1.54) is 0 Å². The third-order valence-electron chi connectivity index (χ3n) is 2.50. The number of nitriles is 1. The first-order chi connectivity index (χ1) is 7.60. The molecule has 0 heterocycles. The van der Waals surface area contributed by atoms with Gasteiger partial charge < -0.3 is 10.2 Å². The second-order valence-electron chi connectivity index (χ2n) is 3.67. The molecule has 1 aromatic carbocycles. The lowest BCUT2D eigenvalue weighted by molar-refractivity contribution is 0.0166. The Hall–Kier alpha value is -1.08. The number of halogens is 1. The highest BCUT2D eigenvalue weighted by Gasteiger charge is 2.19. The van der Waals surface area contributed by atoms with Crippen LogP contribution in [0.25, 0.3) is 0 Å². The van der Waals surface area contributed by atoms with Gasteiger partial charge in [-0.1, -0.05) is 6.07 Å². The molecule has 0 aromatic heterocycles. The number of hydrogen-bond donors (Lipinski definition) is 2. The van der Waals surface area contributed by atoms with Crippen LogP contribution in [0.1, 0.15) is 29.2 Å². The summed E-state index contributed by atoms with van der Waals surface area (Å²) in [6.07, 6.45) is -1.57. The van der Waals surface area contributed by atoms with Crippen LogP contribution in [0.3, 0.4) is 0 Å². The third-order valence-corrected chi connectivity index (χ3v) is 2.71. The SMILES string of the molecule is Cc1ccc(C#N)cc1C(O)C(O)CCCl. The molecular formula is C12H14ClNO2. The Bertz CT molecular complexity index is 400. The summed E-state index contributed by atoms with van der Waals surface area (Å²) >= 11 is 5.50. The van der Waals surface area contributed by atoms with Crippen molar-refractivity contribution in [2.45, 2.75) is 25.6 Å². The Kier molecular flexibility index (Phi) is 4.75. The third kappa shape index (κ3) is 2.96.